The van der Waals surface area contributed by atoms with E-state index >= 15 is 0 Å². The number of hydrogen-bond donors (Lipinski definition) is 3. The zero-order chi connectivity index (χ0) is 8.69. The molecule has 0 aromatic rings. The number of rotatable bonds is 3. The molecule has 4 N–H and O–H groups in total. The average molecular weight is 158 g/mol. The molecule has 0 unspecified atom stereocenters. The van der Waals surface area contributed by atoms with Gasteiger partial charge >= 0.3 is 0 Å². The largest absolute Gasteiger partial charge is 0.392 e. The number of imide groups is 1. The number of carbonyl (C=O) groups is 2. The molecule has 0 heterocycles. The maximum atomic E-state index is 10.6. The maximum absolute atomic E-state index is 10.6. The van der Waals surface area contributed by atoms with Crippen molar-refractivity contribution in [3.05, 3.63) is 12.2 Å². The molecule has 0 saturated heterocycles. The molecule has 0 aromatic carbocycles. The van der Waals surface area contributed by atoms with Crippen molar-refractivity contribution in [3.63, 3.8) is 0 Å². The van der Waals surface area contributed by atoms with Crippen molar-refractivity contribution in [2.24, 2.45) is 5.73 Å². The van der Waals surface area contributed by atoms with Crippen molar-refractivity contribution in [2.45, 2.75) is 0 Å². The standard InChI is InChI=1S/C6H10N2O3/c7-4-6(11)8-5(10)2-1-3-9/h1-2,9H,3-4,7H2,(H,8,10,11)/b2-1+. The molecule has 0 atom stereocenters. The minimum atomic E-state index is -0.575. The van der Waals surface area contributed by atoms with Gasteiger partial charge in [-0.25, -0.2) is 0 Å². The molecule has 11 heavy (non-hydrogen) atoms. The highest BCUT2D eigenvalue weighted by molar-refractivity contribution is 6.01. The summed E-state index contributed by atoms with van der Waals surface area (Å²) in [5.74, 6) is -1.12. The Morgan fingerprint density at radius 2 is 2.18 bits per heavy atom. The Kier molecular flexibility index (Phi) is 4.97. The van der Waals surface area contributed by atoms with Gasteiger partial charge in [0.25, 0.3) is 0 Å². The van der Waals surface area contributed by atoms with Crippen LogP contribution in [0.4, 0.5) is 0 Å². The minimum absolute atomic E-state index is 0.224. The molecule has 0 saturated carbocycles. The molecule has 62 valence electrons. The van der Waals surface area contributed by atoms with Gasteiger partial charge in [-0.05, 0) is 0 Å². The van der Waals surface area contributed by atoms with E-state index in [2.05, 4.69) is 0 Å². The molecule has 0 radical (unpaired) electrons. The maximum Gasteiger partial charge on any atom is 0.250 e. The number of aliphatic hydroxyl groups excluding tert-OH is 1. The number of nitrogens with two attached hydrogens (primary N) is 1. The summed E-state index contributed by atoms with van der Waals surface area (Å²) in [5.41, 5.74) is 4.91. The second-order valence-corrected chi connectivity index (χ2v) is 1.70. The molecule has 0 aromatic heterocycles. The third-order valence-corrected chi connectivity index (χ3v) is 0.823. The highest BCUT2D eigenvalue weighted by Crippen LogP contribution is 1.71. The molecule has 5 nitrogen and oxygen atoms in total. The van der Waals surface area contributed by atoms with Gasteiger partial charge in [-0.2, -0.15) is 0 Å². The molecule has 0 aliphatic carbocycles. The van der Waals surface area contributed by atoms with Crippen molar-refractivity contribution >= 4 is 11.8 Å². The summed E-state index contributed by atoms with van der Waals surface area (Å²) in [6.07, 6.45) is 2.28. The average Bonchev–Trinajstić information content (AvgIpc) is 2.00. The van der Waals surface area contributed by atoms with Gasteiger partial charge in [-0.1, -0.05) is 6.08 Å². The summed E-state index contributed by atoms with van der Waals surface area (Å²) in [5, 5.41) is 10.2. The van der Waals surface area contributed by atoms with E-state index in [9.17, 15) is 9.59 Å². The number of aliphatic hydroxyl groups is 1. The van der Waals surface area contributed by atoms with Crippen molar-refractivity contribution in [1.82, 2.24) is 5.32 Å². The molecule has 0 rings (SSSR count). The number of carbonyl (C=O) groups excluding carboxylic acids is 2. The van der Waals surface area contributed by atoms with E-state index in [0.29, 0.717) is 0 Å². The summed E-state index contributed by atoms with van der Waals surface area (Å²) < 4.78 is 0. The lowest BCUT2D eigenvalue weighted by Gasteiger charge is -1.95. The smallest absolute Gasteiger partial charge is 0.250 e. The van der Waals surface area contributed by atoms with Gasteiger partial charge in [0.15, 0.2) is 0 Å². The van der Waals surface area contributed by atoms with E-state index in [-0.39, 0.29) is 13.2 Å². The number of hydrogen-bond acceptors (Lipinski definition) is 4. The minimum Gasteiger partial charge on any atom is -0.392 e. The van der Waals surface area contributed by atoms with E-state index in [1.165, 1.54) is 6.08 Å². The SMILES string of the molecule is NCC(=O)NC(=O)/C=C/CO. The van der Waals surface area contributed by atoms with E-state index in [4.69, 9.17) is 10.8 Å². The van der Waals surface area contributed by atoms with Gasteiger partial charge in [0.2, 0.25) is 11.8 Å². The molecule has 2 amide bonds. The normalized spacial score (nSPS) is 10.0. The Balaban J connectivity index is 3.69. The van der Waals surface area contributed by atoms with Crippen molar-refractivity contribution in [2.75, 3.05) is 13.2 Å². The van der Waals surface area contributed by atoms with Gasteiger partial charge < -0.3 is 10.8 Å². The van der Waals surface area contributed by atoms with Crippen LogP contribution in [0.15, 0.2) is 12.2 Å². The third kappa shape index (κ3) is 5.25. The number of nitrogens with one attached hydrogen (secondary N) is 1. The first-order valence-electron chi connectivity index (χ1n) is 3.02. The van der Waals surface area contributed by atoms with Crippen molar-refractivity contribution in [1.29, 1.82) is 0 Å². The van der Waals surface area contributed by atoms with Gasteiger partial charge in [-0.15, -0.1) is 0 Å². The Morgan fingerprint density at radius 3 is 2.64 bits per heavy atom. The van der Waals surface area contributed by atoms with Gasteiger partial charge in [0.1, 0.15) is 0 Å². The first-order chi connectivity index (χ1) is 5.20. The fourth-order valence-electron chi connectivity index (χ4n) is 0.390. The zero-order valence-corrected chi connectivity index (χ0v) is 5.91. The molecular formula is C6H10N2O3. The van der Waals surface area contributed by atoms with Gasteiger partial charge in [0, 0.05) is 6.08 Å². The molecule has 5 heteroatoms. The fraction of sp³-hybridized carbons (Fsp3) is 0.333. The zero-order valence-electron chi connectivity index (χ0n) is 5.91. The molecule has 0 aliphatic heterocycles. The fourth-order valence-corrected chi connectivity index (χ4v) is 0.390. The first-order valence-corrected chi connectivity index (χ1v) is 3.02. The quantitative estimate of drug-likeness (QED) is 0.420. The van der Waals surface area contributed by atoms with Gasteiger partial charge in [0.05, 0.1) is 13.2 Å². The van der Waals surface area contributed by atoms with Crippen LogP contribution in [-0.4, -0.2) is 30.1 Å². The van der Waals surface area contributed by atoms with Crippen LogP contribution in [0.25, 0.3) is 0 Å². The summed E-state index contributed by atoms with van der Waals surface area (Å²) in [4.78, 5) is 21.0. The molecule has 0 bridgehead atoms. The Morgan fingerprint density at radius 1 is 1.55 bits per heavy atom. The van der Waals surface area contributed by atoms with E-state index in [0.717, 1.165) is 6.08 Å². The van der Waals surface area contributed by atoms with Crippen LogP contribution in [0, 0.1) is 0 Å². The molecule has 0 aliphatic rings. The highest BCUT2D eigenvalue weighted by Gasteiger charge is 1.99. The highest BCUT2D eigenvalue weighted by atomic mass is 16.2. The Bertz CT molecular complexity index is 177. The predicted octanol–water partition coefficient (Wildman–Crippen LogP) is -1.86. The summed E-state index contributed by atoms with van der Waals surface area (Å²) in [6, 6.07) is 0. The predicted molar refractivity (Wildman–Crippen MR) is 38.4 cm³/mol. The first kappa shape index (κ1) is 9.80. The van der Waals surface area contributed by atoms with E-state index < -0.39 is 11.8 Å². The summed E-state index contributed by atoms with van der Waals surface area (Å²) in [7, 11) is 0. The summed E-state index contributed by atoms with van der Waals surface area (Å²) in [6.45, 7) is -0.455. The van der Waals surface area contributed by atoms with Crippen molar-refractivity contribution in [3.8, 4) is 0 Å². The molecular weight excluding hydrogens is 148 g/mol. The van der Waals surface area contributed by atoms with Crippen LogP contribution >= 0.6 is 0 Å². The van der Waals surface area contributed by atoms with Crippen LogP contribution in [0.2, 0.25) is 0 Å². The van der Waals surface area contributed by atoms with Crippen LogP contribution in [0.1, 0.15) is 0 Å². The van der Waals surface area contributed by atoms with Crippen LogP contribution in [0.5, 0.6) is 0 Å². The number of amides is 2. The monoisotopic (exact) mass is 158 g/mol. The van der Waals surface area contributed by atoms with Crippen LogP contribution in [-0.2, 0) is 9.59 Å². The lowest BCUT2D eigenvalue weighted by molar-refractivity contribution is -0.127. The topological polar surface area (TPSA) is 92.4 Å². The van der Waals surface area contributed by atoms with Gasteiger partial charge in [-0.3, -0.25) is 14.9 Å². The molecule has 0 spiro atoms. The van der Waals surface area contributed by atoms with E-state index in [1.54, 1.807) is 0 Å². The van der Waals surface area contributed by atoms with E-state index in [1.807, 2.05) is 5.32 Å². The molecule has 0 fully saturated rings. The lowest BCUT2D eigenvalue weighted by Crippen LogP contribution is -2.34. The van der Waals surface area contributed by atoms with Crippen LogP contribution in [0.3, 0.4) is 0 Å². The third-order valence-electron chi connectivity index (χ3n) is 0.823. The Hall–Kier alpha value is -1.20. The summed E-state index contributed by atoms with van der Waals surface area (Å²) >= 11 is 0. The van der Waals surface area contributed by atoms with Crippen molar-refractivity contribution < 1.29 is 14.7 Å². The Labute approximate surface area is 63.9 Å². The lowest BCUT2D eigenvalue weighted by atomic mass is 10.4. The van der Waals surface area contributed by atoms with Crippen LogP contribution < -0.4 is 11.1 Å². The second-order valence-electron chi connectivity index (χ2n) is 1.70. The second kappa shape index (κ2) is 5.57.